The maximum absolute atomic E-state index is 6.29. The van der Waals surface area contributed by atoms with Crippen molar-refractivity contribution in [3.63, 3.8) is 0 Å². The summed E-state index contributed by atoms with van der Waals surface area (Å²) in [5.41, 5.74) is 9.76. The fourth-order valence-corrected chi connectivity index (χ4v) is 3.40. The number of hydrogen-bond donors (Lipinski definition) is 2. The van der Waals surface area contributed by atoms with Crippen LogP contribution in [0.25, 0.3) is 10.2 Å². The molecular formula is C13H16ClN3S. The minimum absolute atomic E-state index is 0.369. The lowest BCUT2D eigenvalue weighted by Crippen LogP contribution is -2.32. The Hall–Kier alpha value is -0.840. The Morgan fingerprint density at radius 3 is 2.83 bits per heavy atom. The van der Waals surface area contributed by atoms with Crippen molar-refractivity contribution in [2.75, 3.05) is 5.32 Å². The number of fused-ring (bicyclic) bond motifs is 1. The maximum Gasteiger partial charge on any atom is 0.106 e. The molecule has 0 saturated heterocycles. The molecule has 1 aliphatic rings. The third-order valence-corrected chi connectivity index (χ3v) is 4.68. The molecule has 1 aromatic carbocycles. The highest BCUT2D eigenvalue weighted by atomic mass is 35.5. The molecule has 0 atom stereocenters. The number of hydrogen-bond acceptors (Lipinski definition) is 4. The van der Waals surface area contributed by atoms with E-state index in [1.54, 1.807) is 11.3 Å². The fraction of sp³-hybridized carbons (Fsp3) is 0.462. The fourth-order valence-electron chi connectivity index (χ4n) is 2.51. The molecule has 18 heavy (non-hydrogen) atoms. The van der Waals surface area contributed by atoms with Crippen LogP contribution in [0.4, 0.5) is 5.69 Å². The Morgan fingerprint density at radius 1 is 1.28 bits per heavy atom. The zero-order chi connectivity index (χ0) is 12.5. The van der Waals surface area contributed by atoms with Crippen molar-refractivity contribution in [3.8, 4) is 0 Å². The van der Waals surface area contributed by atoms with Crippen LogP contribution in [0.15, 0.2) is 17.6 Å². The third kappa shape index (κ3) is 2.32. The summed E-state index contributed by atoms with van der Waals surface area (Å²) in [5.74, 6) is 0. The minimum Gasteiger partial charge on any atom is -0.379 e. The van der Waals surface area contributed by atoms with Gasteiger partial charge in [0.2, 0.25) is 0 Å². The number of rotatable bonds is 2. The molecule has 1 fully saturated rings. The molecule has 3 rings (SSSR count). The molecule has 1 saturated carbocycles. The van der Waals surface area contributed by atoms with Gasteiger partial charge < -0.3 is 11.1 Å². The lowest BCUT2D eigenvalue weighted by molar-refractivity contribution is 0.411. The Bertz CT molecular complexity index is 546. The molecule has 1 aromatic heterocycles. The summed E-state index contributed by atoms with van der Waals surface area (Å²) >= 11 is 7.93. The lowest BCUT2D eigenvalue weighted by atomic mass is 9.91. The second kappa shape index (κ2) is 5.03. The number of anilines is 1. The predicted octanol–water partition coefficient (Wildman–Crippen LogP) is 3.63. The van der Waals surface area contributed by atoms with Crippen LogP contribution in [-0.2, 0) is 0 Å². The second-order valence-corrected chi connectivity index (χ2v) is 6.17. The maximum atomic E-state index is 6.29. The van der Waals surface area contributed by atoms with E-state index >= 15 is 0 Å². The molecular weight excluding hydrogens is 266 g/mol. The monoisotopic (exact) mass is 281 g/mol. The van der Waals surface area contributed by atoms with E-state index in [4.69, 9.17) is 17.3 Å². The van der Waals surface area contributed by atoms with Crippen LogP contribution < -0.4 is 11.1 Å². The van der Waals surface area contributed by atoms with Gasteiger partial charge in [-0.15, -0.1) is 11.3 Å². The molecule has 96 valence electrons. The average Bonchev–Trinajstić information content (AvgIpc) is 2.84. The zero-order valence-electron chi connectivity index (χ0n) is 10.0. The van der Waals surface area contributed by atoms with E-state index in [2.05, 4.69) is 10.3 Å². The first-order valence-corrected chi connectivity index (χ1v) is 7.53. The van der Waals surface area contributed by atoms with Crippen LogP contribution >= 0.6 is 22.9 Å². The summed E-state index contributed by atoms with van der Waals surface area (Å²) in [6.07, 6.45) is 4.39. The summed E-state index contributed by atoms with van der Waals surface area (Å²) in [6, 6.07) is 4.80. The van der Waals surface area contributed by atoms with Crippen LogP contribution in [0.5, 0.6) is 0 Å². The van der Waals surface area contributed by atoms with Gasteiger partial charge in [0.25, 0.3) is 0 Å². The Morgan fingerprint density at radius 2 is 2.06 bits per heavy atom. The van der Waals surface area contributed by atoms with Gasteiger partial charge in [-0.1, -0.05) is 11.6 Å². The van der Waals surface area contributed by atoms with Crippen molar-refractivity contribution in [1.29, 1.82) is 0 Å². The molecule has 0 amide bonds. The highest BCUT2D eigenvalue weighted by Gasteiger charge is 2.20. The quantitative estimate of drug-likeness (QED) is 0.884. The van der Waals surface area contributed by atoms with Crippen molar-refractivity contribution in [2.24, 2.45) is 5.73 Å². The molecule has 5 heteroatoms. The summed E-state index contributed by atoms with van der Waals surface area (Å²) in [6.45, 7) is 0. The number of nitrogens with zero attached hydrogens (tertiary/aromatic N) is 1. The van der Waals surface area contributed by atoms with Gasteiger partial charge in [0.15, 0.2) is 0 Å². The SMILES string of the molecule is NC1CCC(Nc2c(Cl)ccc3scnc23)CC1. The number of nitrogens with one attached hydrogen (secondary N) is 1. The molecule has 0 spiro atoms. The van der Waals surface area contributed by atoms with E-state index in [-0.39, 0.29) is 0 Å². The van der Waals surface area contributed by atoms with Crippen molar-refractivity contribution in [3.05, 3.63) is 22.7 Å². The van der Waals surface area contributed by atoms with E-state index in [9.17, 15) is 0 Å². The minimum atomic E-state index is 0.369. The molecule has 0 unspecified atom stereocenters. The Labute approximate surface area is 115 Å². The van der Waals surface area contributed by atoms with E-state index in [1.165, 1.54) is 4.70 Å². The number of benzene rings is 1. The summed E-state index contributed by atoms with van der Waals surface area (Å²) < 4.78 is 1.18. The average molecular weight is 282 g/mol. The first-order valence-electron chi connectivity index (χ1n) is 6.28. The highest BCUT2D eigenvalue weighted by molar-refractivity contribution is 7.16. The first kappa shape index (κ1) is 12.2. The van der Waals surface area contributed by atoms with Crippen molar-refractivity contribution in [1.82, 2.24) is 4.98 Å². The van der Waals surface area contributed by atoms with Gasteiger partial charge in [-0.25, -0.2) is 4.98 Å². The van der Waals surface area contributed by atoms with Crippen LogP contribution in [0.3, 0.4) is 0 Å². The standard InChI is InChI=1S/C13H16ClN3S/c14-10-5-6-11-13(16-7-18-11)12(10)17-9-3-1-8(15)2-4-9/h5-9,17H,1-4,15H2. The topological polar surface area (TPSA) is 50.9 Å². The number of nitrogens with two attached hydrogens (primary N) is 1. The summed E-state index contributed by atoms with van der Waals surface area (Å²) in [4.78, 5) is 4.41. The number of aromatic nitrogens is 1. The molecule has 3 nitrogen and oxygen atoms in total. The van der Waals surface area contributed by atoms with E-state index in [0.717, 1.165) is 41.9 Å². The van der Waals surface area contributed by atoms with Gasteiger partial charge in [-0.2, -0.15) is 0 Å². The third-order valence-electron chi connectivity index (χ3n) is 3.57. The number of halogens is 1. The van der Waals surface area contributed by atoms with E-state index in [0.29, 0.717) is 12.1 Å². The molecule has 2 aromatic rings. The van der Waals surface area contributed by atoms with Gasteiger partial charge in [-0.05, 0) is 37.8 Å². The molecule has 1 aliphatic carbocycles. The Balaban J connectivity index is 1.85. The first-order chi connectivity index (χ1) is 8.74. The molecule has 0 radical (unpaired) electrons. The summed E-state index contributed by atoms with van der Waals surface area (Å²) in [7, 11) is 0. The van der Waals surface area contributed by atoms with Crippen LogP contribution in [0.1, 0.15) is 25.7 Å². The van der Waals surface area contributed by atoms with Crippen molar-refractivity contribution in [2.45, 2.75) is 37.8 Å². The van der Waals surface area contributed by atoms with Crippen LogP contribution in [0.2, 0.25) is 5.02 Å². The highest BCUT2D eigenvalue weighted by Crippen LogP contribution is 2.34. The molecule has 0 aliphatic heterocycles. The molecule has 0 bridgehead atoms. The molecule has 1 heterocycles. The van der Waals surface area contributed by atoms with Crippen molar-refractivity contribution < 1.29 is 0 Å². The zero-order valence-corrected chi connectivity index (χ0v) is 11.6. The normalized spacial score (nSPS) is 24.3. The predicted molar refractivity (Wildman–Crippen MR) is 78.5 cm³/mol. The largest absolute Gasteiger partial charge is 0.379 e. The smallest absolute Gasteiger partial charge is 0.106 e. The number of thiazole rings is 1. The van der Waals surface area contributed by atoms with Gasteiger partial charge in [0.05, 0.1) is 20.9 Å². The van der Waals surface area contributed by atoms with Gasteiger partial charge in [0.1, 0.15) is 5.52 Å². The van der Waals surface area contributed by atoms with Gasteiger partial charge in [-0.3, -0.25) is 0 Å². The van der Waals surface area contributed by atoms with E-state index < -0.39 is 0 Å². The lowest BCUT2D eigenvalue weighted by Gasteiger charge is -2.28. The summed E-state index contributed by atoms with van der Waals surface area (Å²) in [5, 5.41) is 4.31. The van der Waals surface area contributed by atoms with Crippen LogP contribution in [0, 0.1) is 0 Å². The van der Waals surface area contributed by atoms with E-state index in [1.807, 2.05) is 17.6 Å². The Kier molecular flexibility index (Phi) is 3.41. The molecule has 3 N–H and O–H groups in total. The second-order valence-electron chi connectivity index (χ2n) is 4.88. The van der Waals surface area contributed by atoms with Crippen molar-refractivity contribution >= 4 is 38.8 Å². The van der Waals surface area contributed by atoms with Gasteiger partial charge in [0, 0.05) is 12.1 Å². The van der Waals surface area contributed by atoms with Gasteiger partial charge >= 0.3 is 0 Å². The van der Waals surface area contributed by atoms with Crippen LogP contribution in [-0.4, -0.2) is 17.1 Å².